The normalized spacial score (nSPS) is 15.4. The van der Waals surface area contributed by atoms with E-state index in [1.54, 1.807) is 24.3 Å². The number of benzene rings is 3. The molecule has 1 unspecified atom stereocenters. The lowest BCUT2D eigenvalue weighted by Gasteiger charge is -2.22. The van der Waals surface area contributed by atoms with Gasteiger partial charge >= 0.3 is 0 Å². The first kappa shape index (κ1) is 22.2. The fourth-order valence-corrected chi connectivity index (χ4v) is 3.97. The van der Waals surface area contributed by atoms with Crippen LogP contribution in [0.2, 0.25) is 5.02 Å². The van der Waals surface area contributed by atoms with Crippen molar-refractivity contribution in [1.82, 2.24) is 5.01 Å². The molecule has 3 aromatic carbocycles. The van der Waals surface area contributed by atoms with Crippen LogP contribution in [0.25, 0.3) is 0 Å². The predicted molar refractivity (Wildman–Crippen MR) is 131 cm³/mol. The lowest BCUT2D eigenvalue weighted by atomic mass is 9.98. The Balaban J connectivity index is 1.47. The van der Waals surface area contributed by atoms with Gasteiger partial charge in [-0.3, -0.25) is 9.59 Å². The molecule has 0 saturated carbocycles. The van der Waals surface area contributed by atoms with Crippen LogP contribution in [-0.2, 0) is 9.59 Å². The molecule has 1 N–H and O–H groups in total. The molecule has 0 bridgehead atoms. The van der Waals surface area contributed by atoms with Crippen LogP contribution in [0.4, 0.5) is 5.69 Å². The predicted octanol–water partition coefficient (Wildman–Crippen LogP) is 6.20. The summed E-state index contributed by atoms with van der Waals surface area (Å²) >= 11 is 9.32. The van der Waals surface area contributed by atoms with E-state index < -0.39 is 0 Å². The van der Waals surface area contributed by atoms with E-state index in [1.807, 2.05) is 54.6 Å². The van der Waals surface area contributed by atoms with E-state index in [2.05, 4.69) is 26.3 Å². The molecule has 162 valence electrons. The summed E-state index contributed by atoms with van der Waals surface area (Å²) in [6, 6.07) is 24.4. The molecule has 1 aliphatic heterocycles. The Morgan fingerprint density at radius 3 is 2.34 bits per heavy atom. The van der Waals surface area contributed by atoms with Crippen LogP contribution in [0.1, 0.15) is 36.4 Å². The zero-order valence-corrected chi connectivity index (χ0v) is 19.5. The van der Waals surface area contributed by atoms with Crippen LogP contribution in [0, 0.1) is 0 Å². The van der Waals surface area contributed by atoms with Gasteiger partial charge in [0.2, 0.25) is 11.8 Å². The van der Waals surface area contributed by atoms with E-state index in [0.717, 1.165) is 21.3 Å². The Hall–Kier alpha value is -2.96. The average molecular weight is 511 g/mol. The molecule has 0 radical (unpaired) electrons. The van der Waals surface area contributed by atoms with E-state index in [1.165, 1.54) is 5.01 Å². The Bertz CT molecular complexity index is 1130. The zero-order chi connectivity index (χ0) is 22.5. The van der Waals surface area contributed by atoms with Crippen molar-refractivity contribution in [3.63, 3.8) is 0 Å². The number of hydrogen-bond donors (Lipinski definition) is 1. The summed E-state index contributed by atoms with van der Waals surface area (Å²) in [6.45, 7) is 0. The summed E-state index contributed by atoms with van der Waals surface area (Å²) in [5.74, 6) is -0.412. The van der Waals surface area contributed by atoms with Gasteiger partial charge in [-0.1, -0.05) is 70.0 Å². The number of anilines is 1. The van der Waals surface area contributed by atoms with Crippen LogP contribution < -0.4 is 5.32 Å². The van der Waals surface area contributed by atoms with E-state index in [-0.39, 0.29) is 30.7 Å². The van der Waals surface area contributed by atoms with Gasteiger partial charge in [-0.05, 0) is 47.5 Å². The lowest BCUT2D eigenvalue weighted by molar-refractivity contribution is -0.134. The molecule has 0 saturated heterocycles. The zero-order valence-electron chi connectivity index (χ0n) is 17.2. The van der Waals surface area contributed by atoms with E-state index in [9.17, 15) is 9.59 Å². The van der Waals surface area contributed by atoms with Crippen LogP contribution in [0.15, 0.2) is 88.4 Å². The van der Waals surface area contributed by atoms with Crippen LogP contribution in [0.5, 0.6) is 0 Å². The lowest BCUT2D eigenvalue weighted by Crippen LogP contribution is -2.28. The number of nitrogens with one attached hydrogen (secondary N) is 1. The minimum atomic E-state index is -0.228. The van der Waals surface area contributed by atoms with Gasteiger partial charge in [0, 0.05) is 34.4 Å². The molecule has 1 aliphatic rings. The third-order valence-electron chi connectivity index (χ3n) is 5.22. The summed E-state index contributed by atoms with van der Waals surface area (Å²) in [5.41, 5.74) is 3.49. The van der Waals surface area contributed by atoms with Gasteiger partial charge in [-0.15, -0.1) is 0 Å². The third-order valence-corrected chi connectivity index (χ3v) is 6.00. The van der Waals surface area contributed by atoms with E-state index in [4.69, 9.17) is 11.6 Å². The van der Waals surface area contributed by atoms with Crippen molar-refractivity contribution in [2.45, 2.75) is 25.3 Å². The van der Waals surface area contributed by atoms with Crippen molar-refractivity contribution in [2.75, 3.05) is 5.32 Å². The molecule has 2 amide bonds. The van der Waals surface area contributed by atoms with Gasteiger partial charge in [0.1, 0.15) is 0 Å². The fourth-order valence-electron chi connectivity index (χ4n) is 3.58. The van der Waals surface area contributed by atoms with Gasteiger partial charge in [-0.2, -0.15) is 5.10 Å². The minimum absolute atomic E-state index is 0.0693. The topological polar surface area (TPSA) is 61.8 Å². The highest BCUT2D eigenvalue weighted by atomic mass is 79.9. The molecule has 0 aromatic heterocycles. The molecular weight excluding hydrogens is 490 g/mol. The second-order valence-corrected chi connectivity index (χ2v) is 8.83. The Morgan fingerprint density at radius 2 is 1.66 bits per heavy atom. The molecule has 5 nitrogen and oxygen atoms in total. The largest absolute Gasteiger partial charge is 0.326 e. The number of nitrogens with zero attached hydrogens (tertiary/aromatic N) is 2. The number of hydrazone groups is 1. The average Bonchev–Trinajstić information content (AvgIpc) is 3.26. The van der Waals surface area contributed by atoms with Gasteiger partial charge in [-0.25, -0.2) is 5.01 Å². The maximum absolute atomic E-state index is 13.1. The Kier molecular flexibility index (Phi) is 7.02. The highest BCUT2D eigenvalue weighted by Gasteiger charge is 2.32. The van der Waals surface area contributed by atoms with Crippen molar-refractivity contribution < 1.29 is 9.59 Å². The monoisotopic (exact) mass is 509 g/mol. The molecule has 7 heteroatoms. The van der Waals surface area contributed by atoms with Crippen LogP contribution >= 0.6 is 27.5 Å². The molecule has 0 spiro atoms. The highest BCUT2D eigenvalue weighted by molar-refractivity contribution is 9.10. The Morgan fingerprint density at radius 1 is 0.969 bits per heavy atom. The quantitative estimate of drug-likeness (QED) is 0.429. The summed E-state index contributed by atoms with van der Waals surface area (Å²) < 4.78 is 0.985. The van der Waals surface area contributed by atoms with Crippen molar-refractivity contribution >= 4 is 50.7 Å². The second kappa shape index (κ2) is 10.1. The van der Waals surface area contributed by atoms with Crippen molar-refractivity contribution in [3.8, 4) is 0 Å². The molecule has 3 aromatic rings. The number of carbonyl (C=O) groups excluding carboxylic acids is 2. The Labute approximate surface area is 200 Å². The van der Waals surface area contributed by atoms with E-state index in [0.29, 0.717) is 17.1 Å². The molecule has 1 heterocycles. The van der Waals surface area contributed by atoms with Gasteiger partial charge in [0.25, 0.3) is 0 Å². The van der Waals surface area contributed by atoms with Crippen LogP contribution in [-0.4, -0.2) is 22.5 Å². The first-order chi connectivity index (χ1) is 15.5. The molecule has 0 aliphatic carbocycles. The molecule has 1 atom stereocenters. The maximum Gasteiger partial charge on any atom is 0.243 e. The van der Waals surface area contributed by atoms with Gasteiger partial charge in [0.15, 0.2) is 0 Å². The SMILES string of the molecule is O=C(CCC(=O)N1N=C(c2ccc(Br)cc2)CC1c1ccccc1)Nc1ccc(Cl)cc1. The summed E-state index contributed by atoms with van der Waals surface area (Å²) in [4.78, 5) is 25.4. The summed E-state index contributed by atoms with van der Waals surface area (Å²) in [6.07, 6.45) is 0.761. The minimum Gasteiger partial charge on any atom is -0.326 e. The maximum atomic E-state index is 13.1. The number of hydrogen-bond acceptors (Lipinski definition) is 3. The number of rotatable bonds is 6. The molecule has 32 heavy (non-hydrogen) atoms. The molecule has 0 fully saturated rings. The molecule has 4 rings (SSSR count). The second-order valence-electron chi connectivity index (χ2n) is 7.48. The van der Waals surface area contributed by atoms with E-state index >= 15 is 0 Å². The van der Waals surface area contributed by atoms with Gasteiger partial charge in [0.05, 0.1) is 11.8 Å². The fraction of sp³-hybridized carbons (Fsp3) is 0.160. The van der Waals surface area contributed by atoms with Crippen molar-refractivity contribution in [2.24, 2.45) is 5.10 Å². The van der Waals surface area contributed by atoms with Crippen molar-refractivity contribution in [1.29, 1.82) is 0 Å². The van der Waals surface area contributed by atoms with Gasteiger partial charge < -0.3 is 5.32 Å². The standard InChI is InChI=1S/C25H21BrClN3O2/c26-19-8-6-17(7-9-19)22-16-23(18-4-2-1-3-5-18)30(29-22)25(32)15-14-24(31)28-21-12-10-20(27)11-13-21/h1-13,23H,14-16H2,(H,28,31). The number of halogens is 2. The van der Waals surface area contributed by atoms with Crippen LogP contribution in [0.3, 0.4) is 0 Å². The number of carbonyl (C=O) groups is 2. The number of amides is 2. The summed E-state index contributed by atoms with van der Waals surface area (Å²) in [7, 11) is 0. The molecular formula is C25H21BrClN3O2. The third kappa shape index (κ3) is 5.44. The first-order valence-electron chi connectivity index (χ1n) is 10.3. The highest BCUT2D eigenvalue weighted by Crippen LogP contribution is 2.33. The smallest absolute Gasteiger partial charge is 0.243 e. The first-order valence-corrected chi connectivity index (χ1v) is 11.4. The van der Waals surface area contributed by atoms with Crippen molar-refractivity contribution in [3.05, 3.63) is 99.5 Å². The summed E-state index contributed by atoms with van der Waals surface area (Å²) in [5, 5.41) is 9.57.